The van der Waals surface area contributed by atoms with E-state index in [1.807, 2.05) is 47.1 Å². The molecule has 40 heavy (non-hydrogen) atoms. The first-order chi connectivity index (χ1) is 19.4. The summed E-state index contributed by atoms with van der Waals surface area (Å²) in [6.45, 7) is 6.86. The predicted molar refractivity (Wildman–Crippen MR) is 161 cm³/mol. The lowest BCUT2D eigenvalue weighted by Gasteiger charge is -2.24. The third-order valence-corrected chi connectivity index (χ3v) is 8.47. The van der Waals surface area contributed by atoms with Gasteiger partial charge in [0.2, 0.25) is 11.8 Å². The number of nitrogens with zero attached hydrogens (tertiary/aromatic N) is 3. The molecular weight excluding hydrogens is 520 g/mol. The van der Waals surface area contributed by atoms with Crippen LogP contribution in [0.4, 0.5) is 5.82 Å². The minimum atomic E-state index is -0.245. The molecule has 1 N–H and O–H groups in total. The normalized spacial score (nSPS) is 15.1. The standard InChI is InChI=1S/C32H34N4O3S/c1-21-10-8-14-25(18-21)31-29-30(24-12-6-5-7-13-24)34-36(26-15-9-11-22(2)23(26)3)32(29)35(28(38)20-40-31)19-27(37)33-16-17-39-4/h5-15,18,31H,16-17,19-20H2,1-4H3,(H,33,37)/t31-/m0/s1. The van der Waals surface area contributed by atoms with Gasteiger partial charge in [0.25, 0.3) is 0 Å². The number of fused-ring (bicyclic) bond motifs is 1. The Morgan fingerprint density at radius 2 is 1.82 bits per heavy atom. The second-order valence-corrected chi connectivity index (χ2v) is 11.1. The van der Waals surface area contributed by atoms with Crippen LogP contribution < -0.4 is 10.2 Å². The molecule has 0 unspecified atom stereocenters. The average molecular weight is 555 g/mol. The van der Waals surface area contributed by atoms with Crippen LogP contribution in [0.25, 0.3) is 16.9 Å². The Balaban J connectivity index is 1.78. The Morgan fingerprint density at radius 3 is 2.58 bits per heavy atom. The second-order valence-electron chi connectivity index (χ2n) is 10.0. The number of hydrogen-bond acceptors (Lipinski definition) is 5. The summed E-state index contributed by atoms with van der Waals surface area (Å²) in [5.74, 6) is 0.496. The highest BCUT2D eigenvalue weighted by Crippen LogP contribution is 2.48. The fourth-order valence-corrected chi connectivity index (χ4v) is 6.24. The summed E-state index contributed by atoms with van der Waals surface area (Å²) in [6.07, 6.45) is 0. The molecule has 7 nitrogen and oxygen atoms in total. The zero-order valence-electron chi connectivity index (χ0n) is 23.3. The predicted octanol–water partition coefficient (Wildman–Crippen LogP) is 5.40. The summed E-state index contributed by atoms with van der Waals surface area (Å²) in [4.78, 5) is 28.5. The van der Waals surface area contributed by atoms with E-state index in [0.29, 0.717) is 19.0 Å². The van der Waals surface area contributed by atoms with Crippen molar-refractivity contribution in [1.29, 1.82) is 0 Å². The van der Waals surface area contributed by atoms with Gasteiger partial charge in [0, 0.05) is 24.8 Å². The first-order valence-corrected chi connectivity index (χ1v) is 14.4. The lowest BCUT2D eigenvalue weighted by Crippen LogP contribution is -2.43. The van der Waals surface area contributed by atoms with Crippen molar-refractivity contribution in [1.82, 2.24) is 15.1 Å². The number of thioether (sulfide) groups is 1. The van der Waals surface area contributed by atoms with Crippen molar-refractivity contribution in [2.24, 2.45) is 0 Å². The Labute approximate surface area is 239 Å². The van der Waals surface area contributed by atoms with Crippen molar-refractivity contribution in [3.63, 3.8) is 0 Å². The molecule has 0 saturated carbocycles. The molecule has 4 aromatic rings. The van der Waals surface area contributed by atoms with Gasteiger partial charge in [-0.1, -0.05) is 72.3 Å². The maximum Gasteiger partial charge on any atom is 0.240 e. The summed E-state index contributed by atoms with van der Waals surface area (Å²) in [5.41, 5.74) is 8.00. The molecule has 3 aromatic carbocycles. The van der Waals surface area contributed by atoms with Gasteiger partial charge in [-0.15, -0.1) is 11.8 Å². The molecule has 2 heterocycles. The van der Waals surface area contributed by atoms with E-state index in [0.717, 1.165) is 44.8 Å². The lowest BCUT2D eigenvalue weighted by molar-refractivity contribution is -0.123. The first kappa shape index (κ1) is 27.7. The smallest absolute Gasteiger partial charge is 0.240 e. The zero-order chi connectivity index (χ0) is 28.2. The largest absolute Gasteiger partial charge is 0.383 e. The monoisotopic (exact) mass is 554 g/mol. The van der Waals surface area contributed by atoms with Crippen LogP contribution in [0.3, 0.4) is 0 Å². The van der Waals surface area contributed by atoms with Crippen LogP contribution in [0.2, 0.25) is 0 Å². The van der Waals surface area contributed by atoms with Crippen LogP contribution in [-0.4, -0.2) is 54.2 Å². The van der Waals surface area contributed by atoms with Gasteiger partial charge in [-0.05, 0) is 43.5 Å². The summed E-state index contributed by atoms with van der Waals surface area (Å²) >= 11 is 1.58. The number of amides is 2. The molecule has 0 radical (unpaired) electrons. The fraction of sp³-hybridized carbons (Fsp3) is 0.281. The van der Waals surface area contributed by atoms with Crippen LogP contribution >= 0.6 is 11.8 Å². The van der Waals surface area contributed by atoms with Crippen LogP contribution in [0, 0.1) is 20.8 Å². The van der Waals surface area contributed by atoms with Gasteiger partial charge in [0.1, 0.15) is 12.4 Å². The zero-order valence-corrected chi connectivity index (χ0v) is 24.1. The molecule has 1 aromatic heterocycles. The number of methoxy groups -OCH3 is 1. The quantitative estimate of drug-likeness (QED) is 0.295. The van der Waals surface area contributed by atoms with E-state index in [1.165, 1.54) is 0 Å². The average Bonchev–Trinajstić information content (AvgIpc) is 3.27. The number of rotatable bonds is 8. The van der Waals surface area contributed by atoms with Crippen molar-refractivity contribution in [3.05, 3.63) is 101 Å². The summed E-state index contributed by atoms with van der Waals surface area (Å²) in [5, 5.41) is 7.92. The number of anilines is 1. The van der Waals surface area contributed by atoms with E-state index in [4.69, 9.17) is 9.84 Å². The summed E-state index contributed by atoms with van der Waals surface area (Å²) in [7, 11) is 1.59. The Morgan fingerprint density at radius 1 is 1.05 bits per heavy atom. The molecule has 0 bridgehead atoms. The van der Waals surface area contributed by atoms with Crippen LogP contribution in [0.15, 0.2) is 72.8 Å². The number of carbonyl (C=O) groups excluding carboxylic acids is 2. The van der Waals surface area contributed by atoms with Gasteiger partial charge >= 0.3 is 0 Å². The Hall–Kier alpha value is -3.88. The number of benzene rings is 3. The highest BCUT2D eigenvalue weighted by Gasteiger charge is 2.38. The van der Waals surface area contributed by atoms with E-state index < -0.39 is 0 Å². The van der Waals surface area contributed by atoms with Crippen molar-refractivity contribution in [2.75, 3.05) is 37.5 Å². The van der Waals surface area contributed by atoms with E-state index in [-0.39, 0.29) is 29.4 Å². The minimum absolute atomic E-state index is 0.110. The number of aryl methyl sites for hydroxylation is 2. The SMILES string of the molecule is COCCNC(=O)CN1C(=O)CS[C@@H](c2cccc(C)c2)c2c(-c3ccccc3)nn(-c3cccc(C)c3C)c21. The maximum atomic E-state index is 13.8. The first-order valence-electron chi connectivity index (χ1n) is 13.4. The van der Waals surface area contributed by atoms with Gasteiger partial charge in [-0.25, -0.2) is 4.68 Å². The maximum absolute atomic E-state index is 13.8. The van der Waals surface area contributed by atoms with Crippen molar-refractivity contribution < 1.29 is 14.3 Å². The molecule has 0 aliphatic carbocycles. The van der Waals surface area contributed by atoms with Crippen molar-refractivity contribution in [2.45, 2.75) is 26.0 Å². The van der Waals surface area contributed by atoms with Gasteiger partial charge in [0.15, 0.2) is 0 Å². The van der Waals surface area contributed by atoms with E-state index >= 15 is 0 Å². The minimum Gasteiger partial charge on any atom is -0.383 e. The lowest BCUT2D eigenvalue weighted by atomic mass is 9.98. The topological polar surface area (TPSA) is 76.5 Å². The number of ether oxygens (including phenoxy) is 1. The molecule has 0 saturated heterocycles. The summed E-state index contributed by atoms with van der Waals surface area (Å²) in [6, 6.07) is 24.6. The van der Waals surface area contributed by atoms with Gasteiger partial charge in [0.05, 0.1) is 29.0 Å². The molecular formula is C32H34N4O3S. The molecule has 206 valence electrons. The Kier molecular flexibility index (Phi) is 8.38. The fourth-order valence-electron chi connectivity index (χ4n) is 5.05. The van der Waals surface area contributed by atoms with E-state index in [1.54, 1.807) is 23.8 Å². The molecule has 2 amide bonds. The Bertz CT molecular complexity index is 1530. The second kappa shape index (κ2) is 12.1. The number of aromatic nitrogens is 2. The molecule has 1 aliphatic rings. The van der Waals surface area contributed by atoms with Crippen LogP contribution in [-0.2, 0) is 14.3 Å². The third-order valence-electron chi connectivity index (χ3n) is 7.22. The number of carbonyl (C=O) groups is 2. The molecule has 5 rings (SSSR count). The van der Waals surface area contributed by atoms with Crippen LogP contribution in [0.5, 0.6) is 0 Å². The molecule has 8 heteroatoms. The molecule has 1 atom stereocenters. The number of hydrogen-bond donors (Lipinski definition) is 1. The summed E-state index contributed by atoms with van der Waals surface area (Å²) < 4.78 is 6.96. The van der Waals surface area contributed by atoms with Crippen molar-refractivity contribution >= 4 is 29.4 Å². The highest BCUT2D eigenvalue weighted by molar-refractivity contribution is 8.00. The van der Waals surface area contributed by atoms with Crippen molar-refractivity contribution in [3.8, 4) is 16.9 Å². The molecule has 0 spiro atoms. The molecule has 1 aliphatic heterocycles. The number of nitrogens with one attached hydrogen (secondary N) is 1. The van der Waals surface area contributed by atoms with Crippen LogP contribution in [0.1, 0.15) is 33.1 Å². The molecule has 0 fully saturated rings. The van der Waals surface area contributed by atoms with E-state index in [2.05, 4.69) is 56.4 Å². The van der Waals surface area contributed by atoms with Gasteiger partial charge in [-0.3, -0.25) is 14.5 Å². The highest BCUT2D eigenvalue weighted by atomic mass is 32.2. The van der Waals surface area contributed by atoms with Gasteiger partial charge < -0.3 is 10.1 Å². The van der Waals surface area contributed by atoms with E-state index in [9.17, 15) is 9.59 Å². The van der Waals surface area contributed by atoms with Gasteiger partial charge in [-0.2, -0.15) is 5.10 Å². The third kappa shape index (κ3) is 5.55.